The van der Waals surface area contributed by atoms with Crippen molar-refractivity contribution in [2.75, 3.05) is 13.6 Å². The third kappa shape index (κ3) is 3.32. The van der Waals surface area contributed by atoms with Crippen molar-refractivity contribution in [2.24, 2.45) is 0 Å². The van der Waals surface area contributed by atoms with E-state index in [1.54, 1.807) is 18.2 Å². The van der Waals surface area contributed by atoms with Crippen molar-refractivity contribution < 1.29 is 13.6 Å². The summed E-state index contributed by atoms with van der Waals surface area (Å²) in [5.74, 6) is -0.471. The SMILES string of the molecule is CN(CC(F)F)C(=O)c1cnc(-c2ccccc2Cl)s1. The Hall–Kier alpha value is -1.53. The molecule has 0 unspecified atom stereocenters. The molecule has 20 heavy (non-hydrogen) atoms. The summed E-state index contributed by atoms with van der Waals surface area (Å²) in [5.41, 5.74) is 0.717. The third-order valence-corrected chi connectivity index (χ3v) is 3.93. The van der Waals surface area contributed by atoms with Gasteiger partial charge in [-0.05, 0) is 6.07 Å². The zero-order valence-corrected chi connectivity index (χ0v) is 12.1. The standard InChI is InChI=1S/C13H11ClF2N2OS/c1-18(7-11(15)16)13(19)10-6-17-12(20-10)8-4-2-3-5-9(8)14/h2-6,11H,7H2,1H3. The van der Waals surface area contributed by atoms with Crippen molar-refractivity contribution in [2.45, 2.75) is 6.43 Å². The molecule has 2 aromatic rings. The van der Waals surface area contributed by atoms with Gasteiger partial charge in [-0.3, -0.25) is 4.79 Å². The van der Waals surface area contributed by atoms with Crippen LogP contribution in [-0.4, -0.2) is 35.8 Å². The van der Waals surface area contributed by atoms with Gasteiger partial charge >= 0.3 is 0 Å². The molecule has 0 saturated heterocycles. The van der Waals surface area contributed by atoms with Gasteiger partial charge in [-0.2, -0.15) is 0 Å². The highest BCUT2D eigenvalue weighted by Gasteiger charge is 2.19. The summed E-state index contributed by atoms with van der Waals surface area (Å²) in [7, 11) is 1.34. The molecule has 0 spiro atoms. The van der Waals surface area contributed by atoms with E-state index in [1.807, 2.05) is 6.07 Å². The molecule has 0 bridgehead atoms. The Bertz CT molecular complexity index is 618. The zero-order chi connectivity index (χ0) is 14.7. The highest BCUT2D eigenvalue weighted by molar-refractivity contribution is 7.17. The lowest BCUT2D eigenvalue weighted by Gasteiger charge is -2.14. The maximum Gasteiger partial charge on any atom is 0.265 e. The van der Waals surface area contributed by atoms with Crippen molar-refractivity contribution in [3.8, 4) is 10.6 Å². The van der Waals surface area contributed by atoms with Crippen molar-refractivity contribution in [3.63, 3.8) is 0 Å². The van der Waals surface area contributed by atoms with E-state index in [0.717, 1.165) is 21.8 Å². The van der Waals surface area contributed by atoms with Crippen molar-refractivity contribution in [3.05, 3.63) is 40.4 Å². The number of halogens is 3. The van der Waals surface area contributed by atoms with Gasteiger partial charge in [0.05, 0.1) is 17.8 Å². The highest BCUT2D eigenvalue weighted by atomic mass is 35.5. The molecule has 0 N–H and O–H groups in total. The molecule has 0 aliphatic carbocycles. The average molecular weight is 317 g/mol. The van der Waals surface area contributed by atoms with Gasteiger partial charge in [0.15, 0.2) is 0 Å². The first kappa shape index (κ1) is 14.9. The molecule has 2 rings (SSSR count). The van der Waals surface area contributed by atoms with Crippen LogP contribution in [0.1, 0.15) is 9.67 Å². The first-order valence-electron chi connectivity index (χ1n) is 5.73. The summed E-state index contributed by atoms with van der Waals surface area (Å²) in [6, 6.07) is 7.12. The Labute approximate surface area is 123 Å². The molecule has 7 heteroatoms. The molecule has 0 aliphatic rings. The van der Waals surface area contributed by atoms with E-state index >= 15 is 0 Å². The number of amides is 1. The summed E-state index contributed by atoms with van der Waals surface area (Å²) in [6.45, 7) is -0.599. The van der Waals surface area contributed by atoms with Crippen LogP contribution in [0.2, 0.25) is 5.02 Å². The van der Waals surface area contributed by atoms with Gasteiger partial charge in [-0.1, -0.05) is 29.8 Å². The van der Waals surface area contributed by atoms with Crippen molar-refractivity contribution in [1.82, 2.24) is 9.88 Å². The van der Waals surface area contributed by atoms with Gasteiger partial charge in [0, 0.05) is 12.6 Å². The van der Waals surface area contributed by atoms with E-state index in [9.17, 15) is 13.6 Å². The third-order valence-electron chi connectivity index (χ3n) is 2.58. The number of alkyl halides is 2. The molecule has 1 amide bonds. The molecule has 106 valence electrons. The van der Waals surface area contributed by atoms with E-state index < -0.39 is 18.9 Å². The second kappa shape index (κ2) is 6.28. The fourth-order valence-corrected chi connectivity index (χ4v) is 2.84. The van der Waals surface area contributed by atoms with Crippen molar-refractivity contribution in [1.29, 1.82) is 0 Å². The fourth-order valence-electron chi connectivity index (χ4n) is 1.61. The molecule has 0 atom stereocenters. The van der Waals surface area contributed by atoms with E-state index in [-0.39, 0.29) is 0 Å². The van der Waals surface area contributed by atoms with E-state index in [1.165, 1.54) is 13.2 Å². The van der Waals surface area contributed by atoms with Crippen LogP contribution in [-0.2, 0) is 0 Å². The Morgan fingerprint density at radius 1 is 1.45 bits per heavy atom. The number of benzene rings is 1. The minimum Gasteiger partial charge on any atom is -0.335 e. The van der Waals surface area contributed by atoms with Crippen molar-refractivity contribution >= 4 is 28.8 Å². The number of nitrogens with zero attached hydrogens (tertiary/aromatic N) is 2. The predicted octanol–water partition coefficient (Wildman–Crippen LogP) is 3.80. The molecule has 3 nitrogen and oxygen atoms in total. The van der Waals surface area contributed by atoms with E-state index in [4.69, 9.17) is 11.6 Å². The number of hydrogen-bond acceptors (Lipinski definition) is 3. The quantitative estimate of drug-likeness (QED) is 0.859. The number of hydrogen-bond donors (Lipinski definition) is 0. The van der Waals surface area contributed by atoms with Gasteiger partial charge < -0.3 is 4.90 Å². The number of thiazole rings is 1. The van der Waals surface area contributed by atoms with E-state index in [2.05, 4.69) is 4.98 Å². The molecule has 0 aliphatic heterocycles. The molecule has 1 aromatic heterocycles. The molecule has 1 heterocycles. The lowest BCUT2D eigenvalue weighted by molar-refractivity contribution is 0.0624. The molecule has 1 aromatic carbocycles. The summed E-state index contributed by atoms with van der Waals surface area (Å²) in [5, 5.41) is 1.12. The van der Waals surface area contributed by atoms with Crippen LogP contribution in [0.5, 0.6) is 0 Å². The van der Waals surface area contributed by atoms with Crippen LogP contribution in [0.3, 0.4) is 0 Å². The second-order valence-corrected chi connectivity index (χ2v) is 5.52. The fraction of sp³-hybridized carbons (Fsp3) is 0.231. The normalized spacial score (nSPS) is 10.8. The topological polar surface area (TPSA) is 33.2 Å². The Morgan fingerprint density at radius 3 is 2.80 bits per heavy atom. The molecule has 0 fully saturated rings. The minimum atomic E-state index is -2.56. The predicted molar refractivity (Wildman–Crippen MR) is 75.5 cm³/mol. The maximum absolute atomic E-state index is 12.3. The van der Waals surface area contributed by atoms with Gasteiger partial charge in [0.2, 0.25) is 0 Å². The van der Waals surface area contributed by atoms with Gasteiger partial charge in [-0.15, -0.1) is 11.3 Å². The van der Waals surface area contributed by atoms with Crippen LogP contribution in [0.25, 0.3) is 10.6 Å². The smallest absolute Gasteiger partial charge is 0.265 e. The van der Waals surface area contributed by atoms with Gasteiger partial charge in [-0.25, -0.2) is 13.8 Å². The lowest BCUT2D eigenvalue weighted by atomic mass is 10.2. The van der Waals surface area contributed by atoms with E-state index in [0.29, 0.717) is 14.9 Å². The van der Waals surface area contributed by atoms with Crippen LogP contribution in [0, 0.1) is 0 Å². The summed E-state index contributed by atoms with van der Waals surface area (Å²) in [4.78, 5) is 17.4. The first-order chi connectivity index (χ1) is 9.49. The first-order valence-corrected chi connectivity index (χ1v) is 6.93. The highest BCUT2D eigenvalue weighted by Crippen LogP contribution is 2.31. The maximum atomic E-state index is 12.3. The number of rotatable bonds is 4. The minimum absolute atomic E-state index is 0.308. The van der Waals surface area contributed by atoms with Gasteiger partial charge in [0.1, 0.15) is 9.88 Å². The Morgan fingerprint density at radius 2 is 2.15 bits per heavy atom. The molecular weight excluding hydrogens is 306 g/mol. The van der Waals surface area contributed by atoms with Gasteiger partial charge in [0.25, 0.3) is 12.3 Å². The second-order valence-electron chi connectivity index (χ2n) is 4.09. The number of carbonyl (C=O) groups is 1. The van der Waals surface area contributed by atoms with Crippen LogP contribution in [0.15, 0.2) is 30.5 Å². The molecule has 0 saturated carbocycles. The average Bonchev–Trinajstić information content (AvgIpc) is 2.87. The largest absolute Gasteiger partial charge is 0.335 e. The summed E-state index contributed by atoms with van der Waals surface area (Å²) < 4.78 is 24.5. The Kier molecular flexibility index (Phi) is 4.67. The zero-order valence-electron chi connectivity index (χ0n) is 10.5. The molecule has 0 radical (unpaired) electrons. The van der Waals surface area contributed by atoms with Crippen LogP contribution < -0.4 is 0 Å². The monoisotopic (exact) mass is 316 g/mol. The molecular formula is C13H11ClF2N2OS. The van der Waals surface area contributed by atoms with Crippen LogP contribution in [0.4, 0.5) is 8.78 Å². The number of aromatic nitrogens is 1. The lowest BCUT2D eigenvalue weighted by Crippen LogP contribution is -2.30. The number of carbonyl (C=O) groups excluding carboxylic acids is 1. The van der Waals surface area contributed by atoms with Crippen LogP contribution >= 0.6 is 22.9 Å². The Balaban J connectivity index is 2.21. The summed E-state index contributed by atoms with van der Waals surface area (Å²) >= 11 is 7.18. The summed E-state index contributed by atoms with van der Waals surface area (Å²) in [6.07, 6.45) is -1.17.